The van der Waals surface area contributed by atoms with Crippen molar-refractivity contribution in [3.8, 4) is 22.9 Å². The van der Waals surface area contributed by atoms with Gasteiger partial charge >= 0.3 is 5.97 Å². The lowest BCUT2D eigenvalue weighted by Gasteiger charge is -2.07. The molecule has 0 saturated heterocycles. The highest BCUT2D eigenvalue weighted by atomic mass is 32.2. The first-order chi connectivity index (χ1) is 14.5. The zero-order valence-electron chi connectivity index (χ0n) is 16.3. The van der Waals surface area contributed by atoms with Gasteiger partial charge in [0.05, 0.1) is 31.1 Å². The first-order valence-corrected chi connectivity index (χ1v) is 9.72. The fourth-order valence-electron chi connectivity index (χ4n) is 2.52. The monoisotopic (exact) mass is 429 g/mol. The average molecular weight is 429 g/mol. The van der Waals surface area contributed by atoms with Crippen LogP contribution in [-0.2, 0) is 16.1 Å². The molecule has 1 heterocycles. The number of aromatic nitrogens is 2. The number of nitrogens with two attached hydrogens (primary N) is 1. The molecule has 3 rings (SSSR count). The van der Waals surface area contributed by atoms with Crippen LogP contribution in [0.1, 0.15) is 16.2 Å². The lowest BCUT2D eigenvalue weighted by atomic mass is 10.2. The minimum Gasteiger partial charge on any atom is -0.497 e. The van der Waals surface area contributed by atoms with Crippen molar-refractivity contribution in [2.75, 3.05) is 20.0 Å². The molecule has 1 aromatic heterocycles. The molecule has 10 heteroatoms. The predicted molar refractivity (Wildman–Crippen MR) is 108 cm³/mol. The standard InChI is InChI=1S/C20H19N3O6S/c1-26-12-7-8-13(15(9-12)27-2)19-22-18(29-23-19)10-28-20(25)14-5-3-4-6-16(14)30-11-17(21)24/h3-9H,10-11H2,1-2H3,(H2,21,24). The molecular weight excluding hydrogens is 410 g/mol. The molecule has 2 N–H and O–H groups in total. The molecule has 0 unspecified atom stereocenters. The van der Waals surface area contributed by atoms with Gasteiger partial charge in [0.25, 0.3) is 5.89 Å². The second-order valence-electron chi connectivity index (χ2n) is 5.91. The maximum absolute atomic E-state index is 12.5. The van der Waals surface area contributed by atoms with Gasteiger partial charge in [-0.1, -0.05) is 17.3 Å². The van der Waals surface area contributed by atoms with E-state index < -0.39 is 11.9 Å². The lowest BCUT2D eigenvalue weighted by molar-refractivity contribution is -0.115. The lowest BCUT2D eigenvalue weighted by Crippen LogP contribution is -2.14. The molecule has 0 atom stereocenters. The molecule has 1 amide bonds. The van der Waals surface area contributed by atoms with Crippen LogP contribution in [0.5, 0.6) is 11.5 Å². The van der Waals surface area contributed by atoms with E-state index in [0.717, 1.165) is 11.8 Å². The number of primary amides is 1. The summed E-state index contributed by atoms with van der Waals surface area (Å²) in [6.45, 7) is -0.209. The van der Waals surface area contributed by atoms with E-state index >= 15 is 0 Å². The van der Waals surface area contributed by atoms with Gasteiger partial charge in [-0.15, -0.1) is 11.8 Å². The van der Waals surface area contributed by atoms with Gasteiger partial charge in [-0.2, -0.15) is 4.98 Å². The quantitative estimate of drug-likeness (QED) is 0.403. The summed E-state index contributed by atoms with van der Waals surface area (Å²) in [6.07, 6.45) is 0. The smallest absolute Gasteiger partial charge is 0.339 e. The molecule has 0 aliphatic heterocycles. The van der Waals surface area contributed by atoms with Gasteiger partial charge in [-0.05, 0) is 24.3 Å². The largest absolute Gasteiger partial charge is 0.497 e. The van der Waals surface area contributed by atoms with Gasteiger partial charge in [0.1, 0.15) is 11.5 Å². The molecule has 0 aliphatic rings. The van der Waals surface area contributed by atoms with Crippen molar-refractivity contribution >= 4 is 23.6 Å². The van der Waals surface area contributed by atoms with E-state index in [9.17, 15) is 9.59 Å². The minimum absolute atomic E-state index is 0.0566. The number of benzene rings is 2. The number of methoxy groups -OCH3 is 2. The molecular formula is C20H19N3O6S. The molecule has 30 heavy (non-hydrogen) atoms. The van der Waals surface area contributed by atoms with Crippen LogP contribution in [-0.4, -0.2) is 42.0 Å². The highest BCUT2D eigenvalue weighted by Gasteiger charge is 2.18. The molecule has 3 aromatic rings. The third kappa shape index (κ3) is 5.09. The van der Waals surface area contributed by atoms with E-state index in [0.29, 0.717) is 27.5 Å². The Kier molecular flexibility index (Phi) is 6.91. The number of carbonyl (C=O) groups is 2. The van der Waals surface area contributed by atoms with Crippen molar-refractivity contribution in [1.29, 1.82) is 0 Å². The van der Waals surface area contributed by atoms with E-state index in [4.69, 9.17) is 24.5 Å². The van der Waals surface area contributed by atoms with Crippen LogP contribution in [0.25, 0.3) is 11.4 Å². The topological polar surface area (TPSA) is 127 Å². The van der Waals surface area contributed by atoms with Gasteiger partial charge < -0.3 is 24.5 Å². The van der Waals surface area contributed by atoms with Crippen LogP contribution < -0.4 is 15.2 Å². The van der Waals surface area contributed by atoms with Gasteiger partial charge in [0.15, 0.2) is 6.61 Å². The maximum atomic E-state index is 12.5. The summed E-state index contributed by atoms with van der Waals surface area (Å²) in [6, 6.07) is 12.0. The number of rotatable bonds is 9. The Hall–Kier alpha value is -3.53. The number of ether oxygens (including phenoxy) is 3. The summed E-state index contributed by atoms with van der Waals surface area (Å²) in [5, 5.41) is 3.91. The third-order valence-corrected chi connectivity index (χ3v) is 5.02. The Morgan fingerprint density at radius 2 is 1.93 bits per heavy atom. The van der Waals surface area contributed by atoms with Crippen molar-refractivity contribution in [1.82, 2.24) is 10.1 Å². The molecule has 156 valence electrons. The molecule has 0 radical (unpaired) electrons. The molecule has 9 nitrogen and oxygen atoms in total. The molecule has 0 spiro atoms. The Labute approximate surface area is 176 Å². The van der Waals surface area contributed by atoms with Crippen LogP contribution >= 0.6 is 11.8 Å². The first kappa shape index (κ1) is 21.2. The molecule has 0 saturated carbocycles. The second-order valence-corrected chi connectivity index (χ2v) is 6.92. The van der Waals surface area contributed by atoms with Gasteiger partial charge in [0.2, 0.25) is 11.7 Å². The summed E-state index contributed by atoms with van der Waals surface area (Å²) < 4.78 is 21.0. The van der Waals surface area contributed by atoms with Crippen molar-refractivity contribution in [2.24, 2.45) is 5.73 Å². The van der Waals surface area contributed by atoms with Crippen molar-refractivity contribution in [3.63, 3.8) is 0 Å². The molecule has 0 bridgehead atoms. The van der Waals surface area contributed by atoms with E-state index in [1.807, 2.05) is 0 Å². The van der Waals surface area contributed by atoms with E-state index in [1.54, 1.807) is 49.6 Å². The molecule has 0 aliphatic carbocycles. The normalized spacial score (nSPS) is 10.5. The first-order valence-electron chi connectivity index (χ1n) is 8.74. The van der Waals surface area contributed by atoms with Crippen LogP contribution in [0.2, 0.25) is 0 Å². The van der Waals surface area contributed by atoms with Crippen LogP contribution in [0, 0.1) is 0 Å². The Morgan fingerprint density at radius 1 is 1.13 bits per heavy atom. The van der Waals surface area contributed by atoms with Crippen LogP contribution in [0.15, 0.2) is 51.9 Å². The highest BCUT2D eigenvalue weighted by molar-refractivity contribution is 8.00. The third-order valence-electron chi connectivity index (χ3n) is 3.92. The number of thioether (sulfide) groups is 1. The highest BCUT2D eigenvalue weighted by Crippen LogP contribution is 2.31. The summed E-state index contributed by atoms with van der Waals surface area (Å²) in [4.78, 5) is 28.3. The molecule has 0 fully saturated rings. The van der Waals surface area contributed by atoms with Crippen molar-refractivity contribution in [3.05, 3.63) is 53.9 Å². The maximum Gasteiger partial charge on any atom is 0.339 e. The number of hydrogen-bond acceptors (Lipinski definition) is 9. The number of amides is 1. The van der Waals surface area contributed by atoms with Gasteiger partial charge in [-0.3, -0.25) is 4.79 Å². The van der Waals surface area contributed by atoms with Crippen LogP contribution in [0.3, 0.4) is 0 Å². The summed E-state index contributed by atoms with van der Waals surface area (Å²) in [5.41, 5.74) is 6.09. The summed E-state index contributed by atoms with van der Waals surface area (Å²) in [5.74, 6) is 0.553. The summed E-state index contributed by atoms with van der Waals surface area (Å²) in [7, 11) is 3.08. The summed E-state index contributed by atoms with van der Waals surface area (Å²) >= 11 is 1.16. The van der Waals surface area contributed by atoms with Gasteiger partial charge in [-0.25, -0.2) is 4.79 Å². The zero-order chi connectivity index (χ0) is 21.5. The predicted octanol–water partition coefficient (Wildman–Crippen LogP) is 2.69. The van der Waals surface area contributed by atoms with Crippen molar-refractivity contribution < 1.29 is 28.3 Å². The van der Waals surface area contributed by atoms with Crippen molar-refractivity contribution in [2.45, 2.75) is 11.5 Å². The Balaban J connectivity index is 1.69. The number of hydrogen-bond donors (Lipinski definition) is 1. The number of carbonyl (C=O) groups excluding carboxylic acids is 2. The molecule has 2 aromatic carbocycles. The van der Waals surface area contributed by atoms with Crippen LogP contribution in [0.4, 0.5) is 0 Å². The fourth-order valence-corrected chi connectivity index (χ4v) is 3.30. The fraction of sp³-hybridized carbons (Fsp3) is 0.200. The van der Waals surface area contributed by atoms with E-state index in [-0.39, 0.29) is 24.1 Å². The number of esters is 1. The second kappa shape index (κ2) is 9.79. The van der Waals surface area contributed by atoms with E-state index in [2.05, 4.69) is 10.1 Å². The zero-order valence-corrected chi connectivity index (χ0v) is 17.1. The minimum atomic E-state index is -0.579. The Bertz CT molecular complexity index is 1050. The van der Waals surface area contributed by atoms with Gasteiger partial charge in [0, 0.05) is 11.0 Å². The number of nitrogens with zero attached hydrogens (tertiary/aromatic N) is 2. The average Bonchev–Trinajstić information content (AvgIpc) is 3.24. The Morgan fingerprint density at radius 3 is 2.67 bits per heavy atom. The van der Waals surface area contributed by atoms with E-state index in [1.165, 1.54) is 7.11 Å². The SMILES string of the molecule is COc1ccc(-c2noc(COC(=O)c3ccccc3SCC(N)=O)n2)c(OC)c1.